The Morgan fingerprint density at radius 1 is 1.50 bits per heavy atom. The van der Waals surface area contributed by atoms with Gasteiger partial charge in [-0.2, -0.15) is 12.6 Å². The van der Waals surface area contributed by atoms with Gasteiger partial charge in [0.1, 0.15) is 0 Å². The van der Waals surface area contributed by atoms with Crippen LogP contribution in [0.1, 0.15) is 17.9 Å². The van der Waals surface area contributed by atoms with Gasteiger partial charge in [-0.3, -0.25) is 4.98 Å². The van der Waals surface area contributed by atoms with Crippen LogP contribution < -0.4 is 0 Å². The molecular formula is C8H9N3S. The van der Waals surface area contributed by atoms with E-state index < -0.39 is 0 Å². The summed E-state index contributed by atoms with van der Waals surface area (Å²) in [6, 6.07) is 0. The summed E-state index contributed by atoms with van der Waals surface area (Å²) < 4.78 is 1.94. The van der Waals surface area contributed by atoms with Crippen molar-refractivity contribution < 1.29 is 0 Å². The first-order chi connectivity index (χ1) is 5.77. The average Bonchev–Trinajstić information content (AvgIpc) is 2.49. The zero-order chi connectivity index (χ0) is 8.55. The van der Waals surface area contributed by atoms with Crippen molar-refractivity contribution >= 4 is 18.1 Å². The molecule has 0 aliphatic heterocycles. The molecule has 0 aliphatic rings. The lowest BCUT2D eigenvalue weighted by Gasteiger charge is -2.02. The first-order valence-corrected chi connectivity index (χ1v) is 4.24. The Balaban J connectivity index is 2.60. The fraction of sp³-hybridized carbons (Fsp3) is 0.250. The first-order valence-electron chi connectivity index (χ1n) is 3.73. The number of fused-ring (bicyclic) bond motifs is 1. The van der Waals surface area contributed by atoms with Gasteiger partial charge in [-0.25, -0.2) is 4.98 Å². The standard InChI is InChI=1S/C8H9N3S/c1-6(12)8-4-11-5-9-2-7(11)3-10-8/h2-6,12H,1H3. The third-order valence-electron chi connectivity index (χ3n) is 1.74. The summed E-state index contributed by atoms with van der Waals surface area (Å²) in [6.45, 7) is 1.99. The van der Waals surface area contributed by atoms with Gasteiger partial charge in [0.2, 0.25) is 0 Å². The first kappa shape index (κ1) is 7.61. The van der Waals surface area contributed by atoms with Crippen LogP contribution in [0.3, 0.4) is 0 Å². The summed E-state index contributed by atoms with van der Waals surface area (Å²) in [5.74, 6) is 0. The molecule has 0 bridgehead atoms. The van der Waals surface area contributed by atoms with Gasteiger partial charge in [-0.15, -0.1) is 0 Å². The molecule has 0 N–H and O–H groups in total. The maximum atomic E-state index is 4.30. The molecule has 0 saturated carbocycles. The van der Waals surface area contributed by atoms with Gasteiger partial charge in [-0.1, -0.05) is 0 Å². The van der Waals surface area contributed by atoms with E-state index in [1.165, 1.54) is 0 Å². The van der Waals surface area contributed by atoms with Crippen LogP contribution in [0.25, 0.3) is 5.52 Å². The van der Waals surface area contributed by atoms with E-state index in [1.807, 2.05) is 17.5 Å². The van der Waals surface area contributed by atoms with Gasteiger partial charge in [0.15, 0.2) is 0 Å². The molecule has 0 saturated heterocycles. The highest BCUT2D eigenvalue weighted by molar-refractivity contribution is 7.80. The molecule has 0 amide bonds. The van der Waals surface area contributed by atoms with Crippen molar-refractivity contribution in [3.05, 3.63) is 30.6 Å². The Morgan fingerprint density at radius 3 is 3.08 bits per heavy atom. The minimum atomic E-state index is 0.164. The Labute approximate surface area is 75.9 Å². The van der Waals surface area contributed by atoms with Crippen molar-refractivity contribution in [2.45, 2.75) is 12.2 Å². The molecule has 1 unspecified atom stereocenters. The highest BCUT2D eigenvalue weighted by Gasteiger charge is 2.01. The number of rotatable bonds is 1. The molecule has 12 heavy (non-hydrogen) atoms. The maximum absolute atomic E-state index is 4.30. The van der Waals surface area contributed by atoms with Crippen LogP contribution in [0.5, 0.6) is 0 Å². The van der Waals surface area contributed by atoms with Crippen LogP contribution in [0.2, 0.25) is 0 Å². The normalized spacial score (nSPS) is 13.5. The highest BCUT2D eigenvalue weighted by Crippen LogP contribution is 2.15. The molecule has 2 aromatic rings. The zero-order valence-corrected chi connectivity index (χ0v) is 7.57. The van der Waals surface area contributed by atoms with Gasteiger partial charge < -0.3 is 4.40 Å². The summed E-state index contributed by atoms with van der Waals surface area (Å²) in [4.78, 5) is 8.24. The van der Waals surface area contributed by atoms with Crippen LogP contribution in [0.15, 0.2) is 24.9 Å². The number of hydrogen-bond donors (Lipinski definition) is 1. The van der Waals surface area contributed by atoms with Gasteiger partial charge in [-0.05, 0) is 6.92 Å². The number of thiol groups is 1. The molecule has 0 aromatic carbocycles. The van der Waals surface area contributed by atoms with E-state index in [4.69, 9.17) is 0 Å². The van der Waals surface area contributed by atoms with E-state index in [0.717, 1.165) is 11.2 Å². The van der Waals surface area contributed by atoms with E-state index in [0.29, 0.717) is 0 Å². The van der Waals surface area contributed by atoms with E-state index in [1.54, 1.807) is 18.7 Å². The van der Waals surface area contributed by atoms with E-state index in [9.17, 15) is 0 Å². The molecule has 2 aromatic heterocycles. The van der Waals surface area contributed by atoms with Crippen molar-refractivity contribution in [1.82, 2.24) is 14.4 Å². The topological polar surface area (TPSA) is 30.2 Å². The number of nitrogens with zero attached hydrogens (tertiary/aromatic N) is 3. The van der Waals surface area contributed by atoms with Crippen LogP contribution in [0.4, 0.5) is 0 Å². The minimum absolute atomic E-state index is 0.164. The molecule has 4 heteroatoms. The number of imidazole rings is 1. The quantitative estimate of drug-likeness (QED) is 0.676. The Hall–Kier alpha value is -1.03. The van der Waals surface area contributed by atoms with Crippen LogP contribution in [-0.4, -0.2) is 14.4 Å². The fourth-order valence-corrected chi connectivity index (χ4v) is 1.19. The van der Waals surface area contributed by atoms with Crippen molar-refractivity contribution in [2.75, 3.05) is 0 Å². The van der Waals surface area contributed by atoms with Crippen molar-refractivity contribution in [1.29, 1.82) is 0 Å². The van der Waals surface area contributed by atoms with E-state index in [2.05, 4.69) is 22.6 Å². The molecule has 0 aliphatic carbocycles. The summed E-state index contributed by atoms with van der Waals surface area (Å²) in [7, 11) is 0. The van der Waals surface area contributed by atoms with Gasteiger partial charge in [0, 0.05) is 11.4 Å². The predicted octanol–water partition coefficient (Wildman–Crippen LogP) is 1.72. The van der Waals surface area contributed by atoms with E-state index in [-0.39, 0.29) is 5.25 Å². The summed E-state index contributed by atoms with van der Waals surface area (Å²) in [5.41, 5.74) is 1.97. The summed E-state index contributed by atoms with van der Waals surface area (Å²) in [5, 5.41) is 0.164. The van der Waals surface area contributed by atoms with Crippen LogP contribution >= 0.6 is 12.6 Å². The van der Waals surface area contributed by atoms with Crippen molar-refractivity contribution in [3.8, 4) is 0 Å². The lowest BCUT2D eigenvalue weighted by atomic mass is 10.3. The average molecular weight is 179 g/mol. The van der Waals surface area contributed by atoms with Crippen LogP contribution in [-0.2, 0) is 0 Å². The zero-order valence-electron chi connectivity index (χ0n) is 6.68. The highest BCUT2D eigenvalue weighted by atomic mass is 32.1. The van der Waals surface area contributed by atoms with Crippen molar-refractivity contribution in [3.63, 3.8) is 0 Å². The van der Waals surface area contributed by atoms with Gasteiger partial charge in [0.05, 0.1) is 29.9 Å². The second-order valence-corrected chi connectivity index (χ2v) is 3.49. The lowest BCUT2D eigenvalue weighted by Crippen LogP contribution is -1.93. The number of hydrogen-bond acceptors (Lipinski definition) is 3. The maximum Gasteiger partial charge on any atom is 0.0993 e. The SMILES string of the molecule is CC(S)c1cn2cncc2cn1. The molecule has 0 spiro atoms. The molecule has 2 heterocycles. The Kier molecular flexibility index (Phi) is 1.77. The molecule has 62 valence electrons. The van der Waals surface area contributed by atoms with Crippen molar-refractivity contribution in [2.24, 2.45) is 0 Å². The van der Waals surface area contributed by atoms with Crippen LogP contribution in [0, 0.1) is 0 Å². The number of aromatic nitrogens is 3. The summed E-state index contributed by atoms with van der Waals surface area (Å²) in [6.07, 6.45) is 7.28. The molecule has 0 radical (unpaired) electrons. The van der Waals surface area contributed by atoms with E-state index >= 15 is 0 Å². The third kappa shape index (κ3) is 1.18. The monoisotopic (exact) mass is 179 g/mol. The molecule has 3 nitrogen and oxygen atoms in total. The minimum Gasteiger partial charge on any atom is -0.303 e. The lowest BCUT2D eigenvalue weighted by molar-refractivity contribution is 0.967. The Morgan fingerprint density at radius 2 is 2.33 bits per heavy atom. The largest absolute Gasteiger partial charge is 0.303 e. The molecule has 0 fully saturated rings. The Bertz CT molecular complexity index is 394. The molecule has 1 atom stereocenters. The predicted molar refractivity (Wildman–Crippen MR) is 50.4 cm³/mol. The van der Waals surface area contributed by atoms with Gasteiger partial charge >= 0.3 is 0 Å². The fourth-order valence-electron chi connectivity index (χ4n) is 1.05. The van der Waals surface area contributed by atoms with Gasteiger partial charge in [0.25, 0.3) is 0 Å². The molecule has 2 rings (SSSR count). The second kappa shape index (κ2) is 2.79. The third-order valence-corrected chi connectivity index (χ3v) is 2.01. The molecular weight excluding hydrogens is 170 g/mol. The second-order valence-electron chi connectivity index (χ2n) is 2.71. The smallest absolute Gasteiger partial charge is 0.0993 e. The summed E-state index contributed by atoms with van der Waals surface area (Å²) >= 11 is 4.30.